The van der Waals surface area contributed by atoms with Crippen LogP contribution in [-0.2, 0) is 20.6 Å². The number of Topliss-reactive ketones (excluding diaryl/α,β-unsaturated/α-hetero) is 1. The van der Waals surface area contributed by atoms with Gasteiger partial charge in [-0.2, -0.15) is 0 Å². The minimum Gasteiger partial charge on any atom is -0.326 e. The van der Waals surface area contributed by atoms with Crippen molar-refractivity contribution in [3.8, 4) is 0 Å². The lowest BCUT2D eigenvalue weighted by molar-refractivity contribution is -0.120. The van der Waals surface area contributed by atoms with E-state index in [4.69, 9.17) is 0 Å². The SMILES string of the molecule is CC(=O)c1cccc(NC(=O)C2CCCN(S(=O)(=O)Cc3ccccc3C)C2)c1. The molecule has 1 aliphatic heterocycles. The molecule has 0 bridgehead atoms. The minimum atomic E-state index is -3.51. The van der Waals surface area contributed by atoms with Crippen LogP contribution in [0.5, 0.6) is 0 Å². The molecule has 6 nitrogen and oxygen atoms in total. The summed E-state index contributed by atoms with van der Waals surface area (Å²) in [6, 6.07) is 14.2. The molecule has 1 atom stereocenters. The van der Waals surface area contributed by atoms with Gasteiger partial charge < -0.3 is 5.32 Å². The molecule has 1 N–H and O–H groups in total. The number of benzene rings is 2. The summed E-state index contributed by atoms with van der Waals surface area (Å²) in [4.78, 5) is 24.2. The van der Waals surface area contributed by atoms with Crippen LogP contribution >= 0.6 is 0 Å². The van der Waals surface area contributed by atoms with E-state index in [1.807, 2.05) is 31.2 Å². The number of carbonyl (C=O) groups excluding carboxylic acids is 2. The van der Waals surface area contributed by atoms with Crippen LogP contribution in [0.25, 0.3) is 0 Å². The monoisotopic (exact) mass is 414 g/mol. The average molecular weight is 415 g/mol. The van der Waals surface area contributed by atoms with E-state index in [0.29, 0.717) is 30.6 Å². The van der Waals surface area contributed by atoms with Gasteiger partial charge in [-0.05, 0) is 49.9 Å². The Morgan fingerprint density at radius 1 is 1.14 bits per heavy atom. The molecular formula is C22H26N2O4S. The molecule has 0 aliphatic carbocycles. The van der Waals surface area contributed by atoms with E-state index in [-0.39, 0.29) is 24.0 Å². The fourth-order valence-electron chi connectivity index (χ4n) is 3.53. The number of anilines is 1. The Hall–Kier alpha value is -2.51. The largest absolute Gasteiger partial charge is 0.326 e. The second-order valence-corrected chi connectivity index (χ2v) is 9.48. The Morgan fingerprint density at radius 2 is 1.90 bits per heavy atom. The topological polar surface area (TPSA) is 83.6 Å². The maximum Gasteiger partial charge on any atom is 0.228 e. The normalized spacial score (nSPS) is 17.7. The van der Waals surface area contributed by atoms with Gasteiger partial charge in [0.2, 0.25) is 15.9 Å². The lowest BCUT2D eigenvalue weighted by Gasteiger charge is -2.31. The smallest absolute Gasteiger partial charge is 0.228 e. The number of nitrogens with zero attached hydrogens (tertiary/aromatic N) is 1. The van der Waals surface area contributed by atoms with Crippen molar-refractivity contribution >= 4 is 27.4 Å². The van der Waals surface area contributed by atoms with E-state index in [1.54, 1.807) is 24.3 Å². The molecule has 7 heteroatoms. The zero-order chi connectivity index (χ0) is 21.0. The molecule has 3 rings (SSSR count). The van der Waals surface area contributed by atoms with Crippen LogP contribution < -0.4 is 5.32 Å². The molecule has 1 amide bonds. The molecule has 154 valence electrons. The first kappa shape index (κ1) is 21.2. The van der Waals surface area contributed by atoms with Crippen molar-refractivity contribution in [1.82, 2.24) is 4.31 Å². The number of hydrogen-bond acceptors (Lipinski definition) is 4. The van der Waals surface area contributed by atoms with Crippen molar-refractivity contribution in [2.45, 2.75) is 32.4 Å². The molecule has 1 unspecified atom stereocenters. The highest BCUT2D eigenvalue weighted by atomic mass is 32.2. The molecule has 0 spiro atoms. The van der Waals surface area contributed by atoms with Gasteiger partial charge in [-0.15, -0.1) is 0 Å². The van der Waals surface area contributed by atoms with Crippen LogP contribution in [0.15, 0.2) is 48.5 Å². The van der Waals surface area contributed by atoms with Crippen LogP contribution in [-0.4, -0.2) is 37.5 Å². The zero-order valence-electron chi connectivity index (χ0n) is 16.7. The first-order valence-electron chi connectivity index (χ1n) is 9.70. The van der Waals surface area contributed by atoms with Gasteiger partial charge in [-0.3, -0.25) is 9.59 Å². The average Bonchev–Trinajstić information content (AvgIpc) is 2.70. The number of piperidine rings is 1. The molecule has 1 aliphatic rings. The summed E-state index contributed by atoms with van der Waals surface area (Å²) >= 11 is 0. The molecule has 1 heterocycles. The van der Waals surface area contributed by atoms with Gasteiger partial charge in [0.25, 0.3) is 0 Å². The van der Waals surface area contributed by atoms with E-state index in [0.717, 1.165) is 11.1 Å². The Balaban J connectivity index is 1.68. The summed E-state index contributed by atoms with van der Waals surface area (Å²) in [7, 11) is -3.51. The van der Waals surface area contributed by atoms with Gasteiger partial charge >= 0.3 is 0 Å². The number of nitrogens with one attached hydrogen (secondary N) is 1. The number of sulfonamides is 1. The number of amides is 1. The highest BCUT2D eigenvalue weighted by molar-refractivity contribution is 7.88. The van der Waals surface area contributed by atoms with Crippen molar-refractivity contribution < 1.29 is 18.0 Å². The third-order valence-corrected chi connectivity index (χ3v) is 7.08. The Kier molecular flexibility index (Phi) is 6.49. The Morgan fingerprint density at radius 3 is 2.62 bits per heavy atom. The van der Waals surface area contributed by atoms with Gasteiger partial charge in [0.1, 0.15) is 0 Å². The van der Waals surface area contributed by atoms with Gasteiger partial charge in [0.15, 0.2) is 5.78 Å². The van der Waals surface area contributed by atoms with Crippen molar-refractivity contribution in [1.29, 1.82) is 0 Å². The third-order valence-electron chi connectivity index (χ3n) is 5.28. The molecule has 29 heavy (non-hydrogen) atoms. The molecule has 0 saturated carbocycles. The summed E-state index contributed by atoms with van der Waals surface area (Å²) in [5, 5.41) is 2.83. The van der Waals surface area contributed by atoms with Gasteiger partial charge in [-0.25, -0.2) is 12.7 Å². The van der Waals surface area contributed by atoms with Crippen LogP contribution in [0.3, 0.4) is 0 Å². The summed E-state index contributed by atoms with van der Waals surface area (Å²) in [5.74, 6) is -0.778. The first-order valence-corrected chi connectivity index (χ1v) is 11.3. The van der Waals surface area contributed by atoms with E-state index < -0.39 is 15.9 Å². The predicted octanol–water partition coefficient (Wildman–Crippen LogP) is 3.38. The van der Waals surface area contributed by atoms with Crippen molar-refractivity contribution in [2.75, 3.05) is 18.4 Å². The molecule has 0 aromatic heterocycles. The zero-order valence-corrected chi connectivity index (χ0v) is 17.5. The fraction of sp³-hybridized carbons (Fsp3) is 0.364. The molecule has 2 aromatic carbocycles. The summed E-state index contributed by atoms with van der Waals surface area (Å²) in [5.41, 5.74) is 2.78. The van der Waals surface area contributed by atoms with Crippen LogP contribution in [0.2, 0.25) is 0 Å². The highest BCUT2D eigenvalue weighted by Crippen LogP contribution is 2.24. The van der Waals surface area contributed by atoms with Gasteiger partial charge in [0, 0.05) is 24.3 Å². The number of hydrogen-bond donors (Lipinski definition) is 1. The van der Waals surface area contributed by atoms with E-state index >= 15 is 0 Å². The lowest BCUT2D eigenvalue weighted by atomic mass is 9.98. The van der Waals surface area contributed by atoms with Crippen LogP contribution in [0.4, 0.5) is 5.69 Å². The van der Waals surface area contributed by atoms with Crippen LogP contribution in [0.1, 0.15) is 41.3 Å². The summed E-state index contributed by atoms with van der Waals surface area (Å²) < 4.78 is 27.2. The summed E-state index contributed by atoms with van der Waals surface area (Å²) in [6.45, 7) is 3.97. The summed E-state index contributed by atoms with van der Waals surface area (Å²) in [6.07, 6.45) is 1.27. The maximum atomic E-state index is 12.9. The molecule has 2 aromatic rings. The first-order chi connectivity index (χ1) is 13.8. The number of carbonyl (C=O) groups is 2. The minimum absolute atomic E-state index is 0.0608. The Labute approximate surface area is 172 Å². The van der Waals surface area contributed by atoms with Gasteiger partial charge in [-0.1, -0.05) is 36.4 Å². The van der Waals surface area contributed by atoms with E-state index in [9.17, 15) is 18.0 Å². The van der Waals surface area contributed by atoms with E-state index in [2.05, 4.69) is 5.32 Å². The standard InChI is InChI=1S/C22H26N2O4S/c1-16-7-3-4-8-20(16)15-29(27,28)24-12-6-10-19(14-24)22(26)23-21-11-5-9-18(13-21)17(2)25/h3-5,7-9,11,13,19H,6,10,12,14-15H2,1-2H3,(H,23,26). The van der Waals surface area contributed by atoms with Gasteiger partial charge in [0.05, 0.1) is 11.7 Å². The maximum absolute atomic E-state index is 12.9. The lowest BCUT2D eigenvalue weighted by Crippen LogP contribution is -2.44. The number of rotatable bonds is 6. The van der Waals surface area contributed by atoms with Crippen molar-refractivity contribution in [3.63, 3.8) is 0 Å². The van der Waals surface area contributed by atoms with E-state index in [1.165, 1.54) is 11.2 Å². The second kappa shape index (κ2) is 8.88. The Bertz CT molecular complexity index is 1020. The van der Waals surface area contributed by atoms with Crippen LogP contribution in [0, 0.1) is 12.8 Å². The molecule has 1 fully saturated rings. The third kappa shape index (κ3) is 5.31. The van der Waals surface area contributed by atoms with Crippen molar-refractivity contribution in [2.24, 2.45) is 5.92 Å². The number of aryl methyl sites for hydroxylation is 1. The molecule has 1 saturated heterocycles. The molecule has 0 radical (unpaired) electrons. The predicted molar refractivity (Wildman–Crippen MR) is 113 cm³/mol. The quantitative estimate of drug-likeness (QED) is 0.735. The fourth-order valence-corrected chi connectivity index (χ4v) is 5.24. The number of ketones is 1. The molecular weight excluding hydrogens is 388 g/mol. The second-order valence-electron chi connectivity index (χ2n) is 7.51. The highest BCUT2D eigenvalue weighted by Gasteiger charge is 2.32. The van der Waals surface area contributed by atoms with Crippen molar-refractivity contribution in [3.05, 3.63) is 65.2 Å².